The number of amides is 2. The largest absolute Gasteiger partial charge is 0.469 e. The zero-order valence-corrected chi connectivity index (χ0v) is 12.0. The molecule has 2 aromatic rings. The van der Waals surface area contributed by atoms with E-state index >= 15 is 0 Å². The number of thiophene rings is 1. The summed E-state index contributed by atoms with van der Waals surface area (Å²) in [6.45, 7) is 2.40. The van der Waals surface area contributed by atoms with E-state index in [1.54, 1.807) is 18.4 Å². The molecule has 2 aromatic heterocycles. The Morgan fingerprint density at radius 3 is 2.75 bits per heavy atom. The normalized spacial score (nSPS) is 10.2. The first-order valence-electron chi connectivity index (χ1n) is 6.29. The number of hydrogen-bond acceptors (Lipinski definition) is 4. The van der Waals surface area contributed by atoms with Crippen molar-refractivity contribution in [3.05, 3.63) is 46.0 Å². The summed E-state index contributed by atoms with van der Waals surface area (Å²) < 4.78 is 5.15. The van der Waals surface area contributed by atoms with Crippen LogP contribution in [-0.2, 0) is 11.2 Å². The maximum Gasteiger partial charge on any atom is 0.261 e. The van der Waals surface area contributed by atoms with Crippen molar-refractivity contribution in [3.8, 4) is 0 Å². The van der Waals surface area contributed by atoms with Crippen molar-refractivity contribution in [1.82, 2.24) is 10.6 Å². The molecule has 2 heterocycles. The van der Waals surface area contributed by atoms with Gasteiger partial charge in [-0.2, -0.15) is 0 Å². The van der Waals surface area contributed by atoms with Crippen LogP contribution in [0.5, 0.6) is 0 Å². The van der Waals surface area contributed by atoms with Crippen molar-refractivity contribution in [2.24, 2.45) is 0 Å². The van der Waals surface area contributed by atoms with Crippen molar-refractivity contribution >= 4 is 23.2 Å². The van der Waals surface area contributed by atoms with E-state index in [9.17, 15) is 9.59 Å². The predicted molar refractivity (Wildman–Crippen MR) is 76.8 cm³/mol. The second-order valence-corrected chi connectivity index (χ2v) is 5.56. The molecule has 0 saturated heterocycles. The monoisotopic (exact) mass is 292 g/mol. The average molecular weight is 292 g/mol. The highest BCUT2D eigenvalue weighted by atomic mass is 32.1. The Balaban J connectivity index is 1.66. The van der Waals surface area contributed by atoms with Gasteiger partial charge >= 0.3 is 0 Å². The van der Waals surface area contributed by atoms with Crippen LogP contribution in [0.25, 0.3) is 0 Å². The molecule has 0 aliphatic heterocycles. The lowest BCUT2D eigenvalue weighted by molar-refractivity contribution is -0.120. The van der Waals surface area contributed by atoms with Crippen molar-refractivity contribution in [1.29, 1.82) is 0 Å². The number of carbonyl (C=O) groups excluding carboxylic acids is 2. The molecule has 5 nitrogen and oxygen atoms in total. The van der Waals surface area contributed by atoms with Gasteiger partial charge in [0.15, 0.2) is 0 Å². The van der Waals surface area contributed by atoms with Crippen LogP contribution < -0.4 is 10.6 Å². The van der Waals surface area contributed by atoms with E-state index in [2.05, 4.69) is 10.6 Å². The molecule has 0 aliphatic rings. The second kappa shape index (κ2) is 6.91. The Hall–Kier alpha value is -2.08. The Morgan fingerprint density at radius 1 is 1.25 bits per heavy atom. The Kier molecular flexibility index (Phi) is 4.95. The van der Waals surface area contributed by atoms with Gasteiger partial charge in [0.2, 0.25) is 5.91 Å². The molecule has 0 bridgehead atoms. The molecular formula is C14H16N2O3S. The van der Waals surface area contributed by atoms with E-state index in [1.807, 2.05) is 19.1 Å². The van der Waals surface area contributed by atoms with Crippen molar-refractivity contribution in [2.75, 3.05) is 13.1 Å². The summed E-state index contributed by atoms with van der Waals surface area (Å²) in [6, 6.07) is 7.29. The van der Waals surface area contributed by atoms with Crippen LogP contribution in [-0.4, -0.2) is 24.9 Å². The van der Waals surface area contributed by atoms with E-state index < -0.39 is 0 Å². The molecule has 0 spiro atoms. The van der Waals surface area contributed by atoms with E-state index in [0.717, 1.165) is 10.6 Å². The van der Waals surface area contributed by atoms with Crippen LogP contribution >= 0.6 is 11.3 Å². The van der Waals surface area contributed by atoms with E-state index in [-0.39, 0.29) is 18.4 Å². The molecule has 6 heteroatoms. The fourth-order valence-corrected chi connectivity index (χ4v) is 2.43. The maximum absolute atomic E-state index is 11.7. The van der Waals surface area contributed by atoms with Crippen LogP contribution in [0.4, 0.5) is 0 Å². The Labute approximate surface area is 121 Å². The molecule has 0 atom stereocenters. The second-order valence-electron chi connectivity index (χ2n) is 4.27. The highest BCUT2D eigenvalue weighted by molar-refractivity contribution is 7.13. The minimum absolute atomic E-state index is 0.0199. The summed E-state index contributed by atoms with van der Waals surface area (Å²) in [7, 11) is 0. The summed E-state index contributed by atoms with van der Waals surface area (Å²) in [4.78, 5) is 25.0. The maximum atomic E-state index is 11.7. The lowest BCUT2D eigenvalue weighted by Crippen LogP contribution is -2.37. The van der Waals surface area contributed by atoms with Crippen molar-refractivity contribution in [3.63, 3.8) is 0 Å². The smallest absolute Gasteiger partial charge is 0.261 e. The van der Waals surface area contributed by atoms with E-state index in [0.29, 0.717) is 17.8 Å². The third-order valence-corrected chi connectivity index (χ3v) is 3.65. The van der Waals surface area contributed by atoms with Gasteiger partial charge in [0, 0.05) is 17.8 Å². The van der Waals surface area contributed by atoms with Crippen molar-refractivity contribution in [2.45, 2.75) is 13.3 Å². The highest BCUT2D eigenvalue weighted by Crippen LogP contribution is 2.14. The third-order valence-electron chi connectivity index (χ3n) is 2.65. The summed E-state index contributed by atoms with van der Waals surface area (Å²) in [5.41, 5.74) is 0. The zero-order valence-electron chi connectivity index (χ0n) is 11.1. The van der Waals surface area contributed by atoms with Gasteiger partial charge in [-0.15, -0.1) is 11.3 Å². The molecule has 2 N–H and O–H groups in total. The molecule has 0 aromatic carbocycles. The Bertz CT molecular complexity index is 575. The first-order chi connectivity index (χ1) is 9.65. The lowest BCUT2D eigenvalue weighted by atomic mass is 10.3. The van der Waals surface area contributed by atoms with Gasteiger partial charge in [-0.25, -0.2) is 0 Å². The first-order valence-corrected chi connectivity index (χ1v) is 7.10. The molecule has 2 rings (SSSR count). The molecule has 106 valence electrons. The summed E-state index contributed by atoms with van der Waals surface area (Å²) in [5.74, 6) is 0.394. The zero-order chi connectivity index (χ0) is 14.4. The number of aryl methyl sites for hydroxylation is 1. The fraction of sp³-hybridized carbons (Fsp3) is 0.286. The van der Waals surface area contributed by atoms with E-state index in [1.165, 1.54) is 11.3 Å². The van der Waals surface area contributed by atoms with Gasteiger partial charge in [0.25, 0.3) is 5.91 Å². The number of furan rings is 1. The molecule has 0 saturated carbocycles. The fourth-order valence-electron chi connectivity index (χ4n) is 1.65. The van der Waals surface area contributed by atoms with E-state index in [4.69, 9.17) is 4.42 Å². The minimum Gasteiger partial charge on any atom is -0.469 e. The SMILES string of the molecule is Cc1ccc(C(=O)NCC(=O)NCCc2ccco2)s1. The quantitative estimate of drug-likeness (QED) is 0.852. The summed E-state index contributed by atoms with van der Waals surface area (Å²) >= 11 is 1.41. The van der Waals surface area contributed by atoms with Crippen LogP contribution in [0.1, 0.15) is 20.3 Å². The molecule has 20 heavy (non-hydrogen) atoms. The number of hydrogen-bond donors (Lipinski definition) is 2. The molecule has 2 amide bonds. The highest BCUT2D eigenvalue weighted by Gasteiger charge is 2.09. The number of carbonyl (C=O) groups is 2. The minimum atomic E-state index is -0.218. The topological polar surface area (TPSA) is 71.3 Å². The molecule has 0 unspecified atom stereocenters. The van der Waals surface area contributed by atoms with Gasteiger partial charge < -0.3 is 15.1 Å². The first kappa shape index (κ1) is 14.3. The van der Waals surface area contributed by atoms with Gasteiger partial charge in [0.05, 0.1) is 17.7 Å². The van der Waals surface area contributed by atoms with Gasteiger partial charge in [-0.05, 0) is 31.2 Å². The predicted octanol–water partition coefficient (Wildman–Crippen LogP) is 1.74. The molecule has 0 fully saturated rings. The average Bonchev–Trinajstić information content (AvgIpc) is 3.07. The van der Waals surface area contributed by atoms with Crippen LogP contribution in [0.15, 0.2) is 34.9 Å². The lowest BCUT2D eigenvalue weighted by Gasteiger charge is -2.05. The van der Waals surface area contributed by atoms with Gasteiger partial charge in [0.1, 0.15) is 5.76 Å². The van der Waals surface area contributed by atoms with Crippen LogP contribution in [0, 0.1) is 6.92 Å². The van der Waals surface area contributed by atoms with Crippen LogP contribution in [0.3, 0.4) is 0 Å². The Morgan fingerprint density at radius 2 is 2.10 bits per heavy atom. The summed E-state index contributed by atoms with van der Waals surface area (Å²) in [5, 5.41) is 5.31. The van der Waals surface area contributed by atoms with Gasteiger partial charge in [-0.1, -0.05) is 0 Å². The van der Waals surface area contributed by atoms with Crippen LogP contribution in [0.2, 0.25) is 0 Å². The molecule has 0 aliphatic carbocycles. The van der Waals surface area contributed by atoms with Gasteiger partial charge in [-0.3, -0.25) is 9.59 Å². The standard InChI is InChI=1S/C14H16N2O3S/c1-10-4-5-12(20-10)14(18)16-9-13(17)15-7-6-11-3-2-8-19-11/h2-5,8H,6-7,9H2,1H3,(H,15,17)(H,16,18). The molecular weight excluding hydrogens is 276 g/mol. The van der Waals surface area contributed by atoms with Crippen molar-refractivity contribution < 1.29 is 14.0 Å². The molecule has 0 radical (unpaired) electrons. The number of nitrogens with one attached hydrogen (secondary N) is 2. The third kappa shape index (κ3) is 4.24. The number of rotatable bonds is 6. The summed E-state index contributed by atoms with van der Waals surface area (Å²) in [6.07, 6.45) is 2.23.